The average molecular weight is 191 g/mol. The quantitative estimate of drug-likeness (QED) is 0.568. The number of anilines is 2. The van der Waals surface area contributed by atoms with E-state index in [1.54, 1.807) is 7.05 Å². The first-order chi connectivity index (χ1) is 6.63. The molecule has 3 heteroatoms. The first kappa shape index (κ1) is 10.6. The summed E-state index contributed by atoms with van der Waals surface area (Å²) in [5, 5.41) is 3.33. The highest BCUT2D eigenvalue weighted by Crippen LogP contribution is 2.18. The van der Waals surface area contributed by atoms with Crippen molar-refractivity contribution in [3.05, 3.63) is 23.8 Å². The lowest BCUT2D eigenvalue weighted by Gasteiger charge is -2.13. The van der Waals surface area contributed by atoms with Crippen LogP contribution in [0.15, 0.2) is 23.2 Å². The van der Waals surface area contributed by atoms with Gasteiger partial charge in [0.1, 0.15) is 0 Å². The molecule has 3 N–H and O–H groups in total. The second kappa shape index (κ2) is 4.65. The van der Waals surface area contributed by atoms with Crippen LogP contribution in [0.1, 0.15) is 19.4 Å². The zero-order valence-electron chi connectivity index (χ0n) is 8.91. The molecular formula is C11H17N3. The lowest BCUT2D eigenvalue weighted by molar-refractivity contribution is 0.899. The number of benzene rings is 1. The van der Waals surface area contributed by atoms with Crippen LogP contribution in [0.3, 0.4) is 0 Å². The average Bonchev–Trinajstić information content (AvgIpc) is 2.09. The lowest BCUT2D eigenvalue weighted by atomic mass is 10.1. The number of nitrogens with zero attached hydrogens (tertiary/aromatic N) is 1. The summed E-state index contributed by atoms with van der Waals surface area (Å²) in [6, 6.07) is 6.16. The fourth-order valence-corrected chi connectivity index (χ4v) is 1.26. The van der Waals surface area contributed by atoms with Crippen LogP contribution in [0.2, 0.25) is 0 Å². The van der Waals surface area contributed by atoms with E-state index in [9.17, 15) is 0 Å². The van der Waals surface area contributed by atoms with Crippen LogP contribution in [-0.2, 0) is 0 Å². The Kier molecular flexibility index (Phi) is 3.51. The fourth-order valence-electron chi connectivity index (χ4n) is 1.26. The highest BCUT2D eigenvalue weighted by molar-refractivity contribution is 5.88. The molecule has 1 aromatic carbocycles. The summed E-state index contributed by atoms with van der Waals surface area (Å²) in [5.41, 5.74) is 8.58. The Morgan fingerprint density at radius 1 is 1.43 bits per heavy atom. The van der Waals surface area contributed by atoms with Gasteiger partial charge in [0.2, 0.25) is 0 Å². The van der Waals surface area contributed by atoms with E-state index in [0.29, 0.717) is 6.04 Å². The molecule has 0 heterocycles. The van der Waals surface area contributed by atoms with Gasteiger partial charge in [-0.2, -0.15) is 0 Å². The van der Waals surface area contributed by atoms with E-state index in [1.165, 1.54) is 0 Å². The summed E-state index contributed by atoms with van der Waals surface area (Å²) in [4.78, 5) is 4.00. The second-order valence-corrected chi connectivity index (χ2v) is 3.53. The molecule has 0 aliphatic heterocycles. The minimum Gasteiger partial charge on any atom is -0.399 e. The van der Waals surface area contributed by atoms with Crippen LogP contribution in [0.25, 0.3) is 0 Å². The molecule has 0 amide bonds. The molecule has 0 aromatic heterocycles. The van der Waals surface area contributed by atoms with Crippen LogP contribution in [0, 0.1) is 0 Å². The van der Waals surface area contributed by atoms with Crippen LogP contribution in [0.5, 0.6) is 0 Å². The molecule has 1 rings (SSSR count). The Bertz CT molecular complexity index is 329. The SMILES string of the molecule is CN=Cc1ccc(N)cc1NC(C)C. The predicted molar refractivity (Wildman–Crippen MR) is 63.1 cm³/mol. The molecule has 0 saturated carbocycles. The van der Waals surface area contributed by atoms with Gasteiger partial charge in [-0.3, -0.25) is 4.99 Å². The Balaban J connectivity index is 3.02. The van der Waals surface area contributed by atoms with E-state index in [0.717, 1.165) is 16.9 Å². The van der Waals surface area contributed by atoms with Gasteiger partial charge in [-0.15, -0.1) is 0 Å². The smallest absolute Gasteiger partial charge is 0.0451 e. The zero-order valence-corrected chi connectivity index (χ0v) is 8.91. The van der Waals surface area contributed by atoms with Crippen LogP contribution in [-0.4, -0.2) is 19.3 Å². The second-order valence-electron chi connectivity index (χ2n) is 3.53. The number of nitrogen functional groups attached to an aromatic ring is 1. The molecule has 0 aliphatic rings. The van der Waals surface area contributed by atoms with Gasteiger partial charge in [0.05, 0.1) is 0 Å². The summed E-state index contributed by atoms with van der Waals surface area (Å²) < 4.78 is 0. The summed E-state index contributed by atoms with van der Waals surface area (Å²) in [6.45, 7) is 4.19. The number of nitrogens with one attached hydrogen (secondary N) is 1. The lowest BCUT2D eigenvalue weighted by Crippen LogP contribution is -2.11. The minimum absolute atomic E-state index is 0.390. The maximum absolute atomic E-state index is 5.71. The summed E-state index contributed by atoms with van der Waals surface area (Å²) in [6.07, 6.45) is 1.82. The maximum Gasteiger partial charge on any atom is 0.0451 e. The minimum atomic E-state index is 0.390. The molecule has 76 valence electrons. The van der Waals surface area contributed by atoms with Crippen LogP contribution >= 0.6 is 0 Å². The highest BCUT2D eigenvalue weighted by atomic mass is 14.9. The van der Waals surface area contributed by atoms with E-state index in [1.807, 2.05) is 24.4 Å². The number of hydrogen-bond acceptors (Lipinski definition) is 3. The summed E-state index contributed by atoms with van der Waals surface area (Å²) in [5.74, 6) is 0. The largest absolute Gasteiger partial charge is 0.399 e. The maximum atomic E-state index is 5.71. The Morgan fingerprint density at radius 2 is 2.14 bits per heavy atom. The number of nitrogens with two attached hydrogens (primary N) is 1. The van der Waals surface area contributed by atoms with Crippen molar-refractivity contribution in [1.82, 2.24) is 0 Å². The molecule has 0 spiro atoms. The van der Waals surface area contributed by atoms with Crippen LogP contribution < -0.4 is 11.1 Å². The fraction of sp³-hybridized carbons (Fsp3) is 0.364. The van der Waals surface area contributed by atoms with Crippen molar-refractivity contribution in [3.8, 4) is 0 Å². The molecule has 0 bridgehead atoms. The van der Waals surface area contributed by atoms with Gasteiger partial charge in [-0.05, 0) is 32.0 Å². The Morgan fingerprint density at radius 3 is 2.71 bits per heavy atom. The number of aliphatic imine (C=N–C) groups is 1. The summed E-state index contributed by atoms with van der Waals surface area (Å²) >= 11 is 0. The molecule has 3 nitrogen and oxygen atoms in total. The van der Waals surface area contributed by atoms with Gasteiger partial charge >= 0.3 is 0 Å². The Hall–Kier alpha value is -1.51. The normalized spacial score (nSPS) is 11.1. The molecule has 0 saturated heterocycles. The molecule has 0 fully saturated rings. The van der Waals surface area contributed by atoms with Gasteiger partial charge in [0.25, 0.3) is 0 Å². The van der Waals surface area contributed by atoms with Crippen molar-refractivity contribution < 1.29 is 0 Å². The topological polar surface area (TPSA) is 50.4 Å². The van der Waals surface area contributed by atoms with Crippen molar-refractivity contribution in [1.29, 1.82) is 0 Å². The monoisotopic (exact) mass is 191 g/mol. The molecule has 14 heavy (non-hydrogen) atoms. The van der Waals surface area contributed by atoms with Crippen molar-refractivity contribution in [2.75, 3.05) is 18.1 Å². The van der Waals surface area contributed by atoms with Crippen molar-refractivity contribution in [2.45, 2.75) is 19.9 Å². The van der Waals surface area contributed by atoms with Gasteiger partial charge in [-0.25, -0.2) is 0 Å². The predicted octanol–water partition coefficient (Wildman–Crippen LogP) is 2.14. The first-order valence-electron chi connectivity index (χ1n) is 4.71. The van der Waals surface area contributed by atoms with Crippen molar-refractivity contribution in [3.63, 3.8) is 0 Å². The van der Waals surface area contributed by atoms with Gasteiger partial charge in [0, 0.05) is 36.2 Å². The van der Waals surface area contributed by atoms with Gasteiger partial charge < -0.3 is 11.1 Å². The van der Waals surface area contributed by atoms with E-state index in [-0.39, 0.29) is 0 Å². The van der Waals surface area contributed by atoms with E-state index in [2.05, 4.69) is 24.2 Å². The zero-order chi connectivity index (χ0) is 10.6. The van der Waals surface area contributed by atoms with E-state index in [4.69, 9.17) is 5.73 Å². The van der Waals surface area contributed by atoms with E-state index >= 15 is 0 Å². The van der Waals surface area contributed by atoms with E-state index < -0.39 is 0 Å². The van der Waals surface area contributed by atoms with Gasteiger partial charge in [-0.1, -0.05) is 0 Å². The highest BCUT2D eigenvalue weighted by Gasteiger charge is 2.01. The number of hydrogen-bond donors (Lipinski definition) is 2. The van der Waals surface area contributed by atoms with Crippen molar-refractivity contribution in [2.24, 2.45) is 4.99 Å². The standard InChI is InChI=1S/C11H17N3/c1-8(2)14-11-6-10(12)5-4-9(11)7-13-3/h4-8,14H,12H2,1-3H3. The Labute approximate surface area is 85.0 Å². The summed E-state index contributed by atoms with van der Waals surface area (Å²) in [7, 11) is 1.76. The molecule has 0 unspecified atom stereocenters. The van der Waals surface area contributed by atoms with Crippen LogP contribution in [0.4, 0.5) is 11.4 Å². The molecule has 0 aliphatic carbocycles. The molecular weight excluding hydrogens is 174 g/mol. The molecule has 0 radical (unpaired) electrons. The third-order valence-electron chi connectivity index (χ3n) is 1.79. The molecule has 0 atom stereocenters. The number of rotatable bonds is 3. The third-order valence-corrected chi connectivity index (χ3v) is 1.79. The third kappa shape index (κ3) is 2.76. The molecule has 1 aromatic rings. The van der Waals surface area contributed by atoms with Crippen molar-refractivity contribution >= 4 is 17.6 Å². The first-order valence-corrected chi connectivity index (χ1v) is 4.71. The van der Waals surface area contributed by atoms with Gasteiger partial charge in [0.15, 0.2) is 0 Å².